The first-order chi connectivity index (χ1) is 8.66. The van der Waals surface area contributed by atoms with Crippen molar-refractivity contribution >= 4 is 5.91 Å². The van der Waals surface area contributed by atoms with Crippen LogP contribution in [-0.2, 0) is 11.2 Å². The van der Waals surface area contributed by atoms with Gasteiger partial charge in [0.25, 0.3) is 0 Å². The third-order valence-corrected chi connectivity index (χ3v) is 3.58. The number of hydrogen-bond acceptors (Lipinski definition) is 3. The second-order valence-electron chi connectivity index (χ2n) is 4.97. The molecular formula is C14H21N3O. The molecule has 0 radical (unpaired) electrons. The summed E-state index contributed by atoms with van der Waals surface area (Å²) < 4.78 is 0. The Balaban J connectivity index is 1.92. The molecule has 0 atom stereocenters. The molecule has 1 fully saturated rings. The Labute approximate surface area is 108 Å². The number of rotatable bonds is 3. The molecule has 1 aliphatic heterocycles. The van der Waals surface area contributed by atoms with E-state index in [1.165, 1.54) is 0 Å². The summed E-state index contributed by atoms with van der Waals surface area (Å²) in [6.45, 7) is 3.97. The average molecular weight is 247 g/mol. The second kappa shape index (κ2) is 5.96. The Morgan fingerprint density at radius 1 is 1.44 bits per heavy atom. The van der Waals surface area contributed by atoms with Gasteiger partial charge in [0, 0.05) is 25.0 Å². The Kier molecular flexibility index (Phi) is 4.31. The van der Waals surface area contributed by atoms with Gasteiger partial charge in [0.1, 0.15) is 0 Å². The van der Waals surface area contributed by atoms with Crippen LogP contribution in [0.15, 0.2) is 18.3 Å². The number of nitrogens with zero attached hydrogens (tertiary/aromatic N) is 2. The molecular weight excluding hydrogens is 226 g/mol. The van der Waals surface area contributed by atoms with Gasteiger partial charge in [-0.25, -0.2) is 0 Å². The van der Waals surface area contributed by atoms with Gasteiger partial charge in [-0.2, -0.15) is 0 Å². The summed E-state index contributed by atoms with van der Waals surface area (Å²) in [4.78, 5) is 18.3. The number of pyridine rings is 1. The van der Waals surface area contributed by atoms with E-state index in [1.54, 1.807) is 6.20 Å². The normalized spacial score (nSPS) is 16.6. The second-order valence-corrected chi connectivity index (χ2v) is 4.97. The van der Waals surface area contributed by atoms with Gasteiger partial charge in [0.05, 0.1) is 6.42 Å². The molecule has 0 saturated carbocycles. The maximum absolute atomic E-state index is 12.2. The molecule has 1 amide bonds. The molecule has 0 aromatic carbocycles. The highest BCUT2D eigenvalue weighted by atomic mass is 16.2. The first-order valence-electron chi connectivity index (χ1n) is 6.55. The maximum atomic E-state index is 12.2. The van der Waals surface area contributed by atoms with Crippen LogP contribution in [0.25, 0.3) is 0 Å². The van der Waals surface area contributed by atoms with Crippen molar-refractivity contribution in [3.63, 3.8) is 0 Å². The zero-order valence-corrected chi connectivity index (χ0v) is 11.1. The monoisotopic (exact) mass is 247 g/mol. The van der Waals surface area contributed by atoms with Crippen LogP contribution in [-0.4, -0.2) is 42.0 Å². The van der Waals surface area contributed by atoms with Crippen molar-refractivity contribution in [1.82, 2.24) is 15.2 Å². The number of piperidine rings is 1. The van der Waals surface area contributed by atoms with Crippen molar-refractivity contribution in [2.45, 2.75) is 32.2 Å². The fourth-order valence-electron chi connectivity index (χ4n) is 2.30. The highest BCUT2D eigenvalue weighted by Crippen LogP contribution is 2.12. The molecule has 4 nitrogen and oxygen atoms in total. The Hall–Kier alpha value is -1.42. The van der Waals surface area contributed by atoms with Crippen LogP contribution in [0.2, 0.25) is 0 Å². The number of carbonyl (C=O) groups excluding carboxylic acids is 1. The summed E-state index contributed by atoms with van der Waals surface area (Å²) in [5.74, 6) is 0.188. The zero-order chi connectivity index (χ0) is 13.0. The van der Waals surface area contributed by atoms with Crippen LogP contribution in [0.5, 0.6) is 0 Å². The van der Waals surface area contributed by atoms with E-state index in [1.807, 2.05) is 31.0 Å². The standard InChI is InChI=1S/C14H21N3O/c1-11-3-4-12(10-16-11)9-14(18)17(2)13-5-7-15-8-6-13/h3-4,10,13,15H,5-9H2,1-2H3. The maximum Gasteiger partial charge on any atom is 0.227 e. The number of amides is 1. The van der Waals surface area contributed by atoms with Gasteiger partial charge >= 0.3 is 0 Å². The first kappa shape index (κ1) is 13.0. The summed E-state index contributed by atoms with van der Waals surface area (Å²) in [6.07, 6.45) is 4.35. The largest absolute Gasteiger partial charge is 0.342 e. The van der Waals surface area contributed by atoms with Gasteiger partial charge in [-0.15, -0.1) is 0 Å². The van der Waals surface area contributed by atoms with E-state index < -0.39 is 0 Å². The van der Waals surface area contributed by atoms with Crippen LogP contribution in [0.1, 0.15) is 24.1 Å². The number of nitrogens with one attached hydrogen (secondary N) is 1. The van der Waals surface area contributed by atoms with Gasteiger partial charge in [-0.3, -0.25) is 9.78 Å². The molecule has 4 heteroatoms. The van der Waals surface area contributed by atoms with Crippen LogP contribution < -0.4 is 5.32 Å². The van der Waals surface area contributed by atoms with Crippen LogP contribution in [0.3, 0.4) is 0 Å². The number of aryl methyl sites for hydroxylation is 1. The van der Waals surface area contributed by atoms with Crippen LogP contribution in [0.4, 0.5) is 0 Å². The first-order valence-corrected chi connectivity index (χ1v) is 6.55. The Bertz CT molecular complexity index is 396. The number of aromatic nitrogens is 1. The minimum absolute atomic E-state index is 0.188. The molecule has 0 unspecified atom stereocenters. The fourth-order valence-corrected chi connectivity index (χ4v) is 2.30. The van der Waals surface area contributed by atoms with Gasteiger partial charge < -0.3 is 10.2 Å². The molecule has 0 aliphatic carbocycles. The van der Waals surface area contributed by atoms with Gasteiger partial charge in [0.2, 0.25) is 5.91 Å². The van der Waals surface area contributed by atoms with Gasteiger partial charge in [-0.05, 0) is 44.5 Å². The SMILES string of the molecule is Cc1ccc(CC(=O)N(C)C2CCNCC2)cn1. The zero-order valence-electron chi connectivity index (χ0n) is 11.1. The third kappa shape index (κ3) is 3.29. The number of carbonyl (C=O) groups is 1. The van der Waals surface area contributed by atoms with E-state index in [0.717, 1.165) is 37.2 Å². The van der Waals surface area contributed by atoms with E-state index in [2.05, 4.69) is 10.3 Å². The quantitative estimate of drug-likeness (QED) is 0.871. The predicted molar refractivity (Wildman–Crippen MR) is 71.3 cm³/mol. The highest BCUT2D eigenvalue weighted by molar-refractivity contribution is 5.78. The lowest BCUT2D eigenvalue weighted by atomic mass is 10.0. The molecule has 1 N–H and O–H groups in total. The third-order valence-electron chi connectivity index (χ3n) is 3.58. The minimum atomic E-state index is 0.188. The lowest BCUT2D eigenvalue weighted by molar-refractivity contribution is -0.131. The van der Waals surface area contributed by atoms with Crippen molar-refractivity contribution in [3.8, 4) is 0 Å². The molecule has 18 heavy (non-hydrogen) atoms. The van der Waals surface area contributed by atoms with E-state index in [-0.39, 0.29) is 5.91 Å². The average Bonchev–Trinajstić information content (AvgIpc) is 2.41. The van der Waals surface area contributed by atoms with Crippen molar-refractivity contribution in [1.29, 1.82) is 0 Å². The van der Waals surface area contributed by atoms with Crippen molar-refractivity contribution in [2.24, 2.45) is 0 Å². The Morgan fingerprint density at radius 2 is 2.17 bits per heavy atom. The van der Waals surface area contributed by atoms with E-state index in [9.17, 15) is 4.79 Å². The Morgan fingerprint density at radius 3 is 2.78 bits per heavy atom. The lowest BCUT2D eigenvalue weighted by Gasteiger charge is -2.31. The molecule has 1 aromatic heterocycles. The summed E-state index contributed by atoms with van der Waals surface area (Å²) in [7, 11) is 1.92. The van der Waals surface area contributed by atoms with Crippen LogP contribution in [0, 0.1) is 6.92 Å². The molecule has 2 rings (SSSR count). The topological polar surface area (TPSA) is 45.2 Å². The van der Waals surface area contributed by atoms with Gasteiger partial charge in [0.15, 0.2) is 0 Å². The molecule has 0 bridgehead atoms. The summed E-state index contributed by atoms with van der Waals surface area (Å²) in [5.41, 5.74) is 1.98. The number of hydrogen-bond donors (Lipinski definition) is 1. The molecule has 1 aliphatic rings. The van der Waals surface area contributed by atoms with Crippen LogP contribution >= 0.6 is 0 Å². The van der Waals surface area contributed by atoms with E-state index in [4.69, 9.17) is 0 Å². The fraction of sp³-hybridized carbons (Fsp3) is 0.571. The predicted octanol–water partition coefficient (Wildman–Crippen LogP) is 1.14. The summed E-state index contributed by atoms with van der Waals surface area (Å²) in [6, 6.07) is 4.32. The molecule has 1 aromatic rings. The molecule has 1 saturated heterocycles. The number of likely N-dealkylation sites (N-methyl/N-ethyl adjacent to an activating group) is 1. The van der Waals surface area contributed by atoms with Crippen molar-refractivity contribution < 1.29 is 4.79 Å². The highest BCUT2D eigenvalue weighted by Gasteiger charge is 2.21. The molecule has 2 heterocycles. The van der Waals surface area contributed by atoms with E-state index in [0.29, 0.717) is 12.5 Å². The molecule has 0 spiro atoms. The van der Waals surface area contributed by atoms with Crippen molar-refractivity contribution in [2.75, 3.05) is 20.1 Å². The van der Waals surface area contributed by atoms with Gasteiger partial charge in [-0.1, -0.05) is 6.07 Å². The molecule has 98 valence electrons. The van der Waals surface area contributed by atoms with E-state index >= 15 is 0 Å². The smallest absolute Gasteiger partial charge is 0.227 e. The summed E-state index contributed by atoms with van der Waals surface area (Å²) >= 11 is 0. The minimum Gasteiger partial charge on any atom is -0.342 e. The van der Waals surface area contributed by atoms with Crippen molar-refractivity contribution in [3.05, 3.63) is 29.6 Å². The summed E-state index contributed by atoms with van der Waals surface area (Å²) in [5, 5.41) is 3.32. The lowest BCUT2D eigenvalue weighted by Crippen LogP contribution is -2.44.